The summed E-state index contributed by atoms with van der Waals surface area (Å²) in [6, 6.07) is 6.91. The van der Waals surface area contributed by atoms with Crippen molar-refractivity contribution in [1.82, 2.24) is 14.7 Å². The lowest BCUT2D eigenvalue weighted by Gasteiger charge is -2.34. The average molecular weight is 363 g/mol. The predicted molar refractivity (Wildman–Crippen MR) is 93.0 cm³/mol. The lowest BCUT2D eigenvalue weighted by molar-refractivity contribution is -0.135. The van der Waals surface area contributed by atoms with Gasteiger partial charge in [-0.3, -0.25) is 9.48 Å². The third-order valence-corrected chi connectivity index (χ3v) is 5.87. The summed E-state index contributed by atoms with van der Waals surface area (Å²) < 4.78 is 31.2. The van der Waals surface area contributed by atoms with E-state index in [4.69, 9.17) is 4.74 Å². The predicted octanol–water partition coefficient (Wildman–Crippen LogP) is 1.11. The van der Waals surface area contributed by atoms with Gasteiger partial charge in [-0.05, 0) is 19.1 Å². The maximum atomic E-state index is 12.6. The summed E-state index contributed by atoms with van der Waals surface area (Å²) in [6.07, 6.45) is 3.35. The number of carbonyl (C=O) groups excluding carboxylic acids is 1. The average Bonchev–Trinajstić information content (AvgIpc) is 2.99. The Kier molecular flexibility index (Phi) is 4.80. The van der Waals surface area contributed by atoms with Crippen molar-refractivity contribution in [2.75, 3.05) is 24.7 Å². The molecule has 1 fully saturated rings. The van der Waals surface area contributed by atoms with Crippen molar-refractivity contribution in [3.63, 3.8) is 0 Å². The molecule has 25 heavy (non-hydrogen) atoms. The Labute approximate surface area is 147 Å². The molecule has 0 aliphatic carbocycles. The fourth-order valence-corrected chi connectivity index (χ4v) is 4.35. The minimum atomic E-state index is -3.18. The van der Waals surface area contributed by atoms with Gasteiger partial charge in [-0.25, -0.2) is 8.42 Å². The topological polar surface area (TPSA) is 81.5 Å². The lowest BCUT2D eigenvalue weighted by Crippen LogP contribution is -2.47. The highest BCUT2D eigenvalue weighted by molar-refractivity contribution is 7.91. The van der Waals surface area contributed by atoms with Crippen molar-refractivity contribution in [2.24, 2.45) is 7.05 Å². The number of amides is 1. The molecule has 0 bridgehead atoms. The zero-order valence-electron chi connectivity index (χ0n) is 14.3. The van der Waals surface area contributed by atoms with Crippen molar-refractivity contribution in [3.05, 3.63) is 47.8 Å². The minimum Gasteiger partial charge on any atom is -0.484 e. The second kappa shape index (κ2) is 6.87. The summed E-state index contributed by atoms with van der Waals surface area (Å²) in [4.78, 5) is 14.2. The van der Waals surface area contributed by atoms with Crippen molar-refractivity contribution in [1.29, 1.82) is 0 Å². The van der Waals surface area contributed by atoms with Gasteiger partial charge in [-0.2, -0.15) is 5.10 Å². The van der Waals surface area contributed by atoms with Gasteiger partial charge in [-0.15, -0.1) is 0 Å². The van der Waals surface area contributed by atoms with Gasteiger partial charge in [0.25, 0.3) is 5.91 Å². The van der Waals surface area contributed by atoms with Crippen molar-refractivity contribution >= 4 is 15.7 Å². The summed E-state index contributed by atoms with van der Waals surface area (Å²) in [5.41, 5.74) is 1.83. The molecule has 7 nitrogen and oxygen atoms in total. The zero-order valence-corrected chi connectivity index (χ0v) is 15.1. The molecule has 8 heteroatoms. The lowest BCUT2D eigenvalue weighted by atomic mass is 10.1. The van der Waals surface area contributed by atoms with Crippen LogP contribution in [0.3, 0.4) is 0 Å². The largest absolute Gasteiger partial charge is 0.484 e. The molecule has 0 spiro atoms. The van der Waals surface area contributed by atoms with E-state index < -0.39 is 15.9 Å². The molecule has 0 N–H and O–H groups in total. The van der Waals surface area contributed by atoms with Crippen LogP contribution >= 0.6 is 0 Å². The van der Waals surface area contributed by atoms with Gasteiger partial charge in [0.2, 0.25) is 0 Å². The molecule has 2 heterocycles. The smallest absolute Gasteiger partial charge is 0.261 e. The van der Waals surface area contributed by atoms with Crippen LogP contribution in [0.1, 0.15) is 17.2 Å². The number of sulfone groups is 1. The van der Waals surface area contributed by atoms with Gasteiger partial charge in [0.15, 0.2) is 16.4 Å². The van der Waals surface area contributed by atoms with Crippen LogP contribution < -0.4 is 4.74 Å². The van der Waals surface area contributed by atoms with Crippen LogP contribution in [0.2, 0.25) is 0 Å². The molecule has 1 aliphatic rings. The van der Waals surface area contributed by atoms with Gasteiger partial charge in [0.05, 0.1) is 23.7 Å². The van der Waals surface area contributed by atoms with Crippen LogP contribution in [-0.2, 0) is 21.7 Å². The standard InChI is InChI=1S/C17H21N3O4S/c1-13-3-5-15(6-4-13)24-11-17(21)20-7-8-25(22,23)12-16(20)14-9-18-19(2)10-14/h3-6,9-10,16H,7-8,11-12H2,1-2H3/t16-/m0/s1. The normalized spacial score (nSPS) is 19.6. The quantitative estimate of drug-likeness (QED) is 0.813. The Balaban J connectivity index is 1.73. The third-order valence-electron chi connectivity index (χ3n) is 4.24. The van der Waals surface area contributed by atoms with Gasteiger partial charge in [0, 0.05) is 25.4 Å². The highest BCUT2D eigenvalue weighted by Crippen LogP contribution is 2.26. The van der Waals surface area contributed by atoms with Crippen molar-refractivity contribution < 1.29 is 17.9 Å². The molecule has 0 radical (unpaired) electrons. The molecular weight excluding hydrogens is 342 g/mol. The van der Waals surface area contributed by atoms with Crippen molar-refractivity contribution in [3.8, 4) is 5.75 Å². The number of hydrogen-bond acceptors (Lipinski definition) is 5. The Morgan fingerprint density at radius 2 is 2.04 bits per heavy atom. The summed E-state index contributed by atoms with van der Waals surface area (Å²) >= 11 is 0. The first-order valence-electron chi connectivity index (χ1n) is 8.02. The first-order valence-corrected chi connectivity index (χ1v) is 9.84. The van der Waals surface area contributed by atoms with E-state index in [1.54, 1.807) is 29.0 Å². The summed E-state index contributed by atoms with van der Waals surface area (Å²) in [7, 11) is -1.42. The Bertz CT molecular complexity index is 858. The Morgan fingerprint density at radius 3 is 2.68 bits per heavy atom. The maximum Gasteiger partial charge on any atom is 0.261 e. The second-order valence-corrected chi connectivity index (χ2v) is 8.50. The molecule has 3 rings (SSSR count). The molecule has 1 aliphatic heterocycles. The molecule has 1 aromatic carbocycles. The molecule has 0 saturated carbocycles. The molecule has 1 aromatic heterocycles. The first kappa shape index (κ1) is 17.5. The second-order valence-electron chi connectivity index (χ2n) is 6.27. The zero-order chi connectivity index (χ0) is 18.0. The number of nitrogens with zero attached hydrogens (tertiary/aromatic N) is 3. The fourth-order valence-electron chi connectivity index (χ4n) is 2.86. The van der Waals surface area contributed by atoms with Gasteiger partial charge in [0.1, 0.15) is 5.75 Å². The number of ether oxygens (including phenoxy) is 1. The highest BCUT2D eigenvalue weighted by atomic mass is 32.2. The number of aryl methyl sites for hydroxylation is 2. The monoisotopic (exact) mass is 363 g/mol. The SMILES string of the molecule is Cc1ccc(OCC(=O)N2CCS(=O)(=O)C[C@H]2c2cnn(C)c2)cc1. The van der Waals surface area contributed by atoms with Crippen LogP contribution in [0, 0.1) is 6.92 Å². The molecule has 134 valence electrons. The van der Waals surface area contributed by atoms with E-state index in [0.29, 0.717) is 5.75 Å². The maximum absolute atomic E-state index is 12.6. The van der Waals surface area contributed by atoms with Crippen LogP contribution in [0.15, 0.2) is 36.7 Å². The highest BCUT2D eigenvalue weighted by Gasteiger charge is 2.35. The van der Waals surface area contributed by atoms with E-state index in [9.17, 15) is 13.2 Å². The molecule has 0 unspecified atom stereocenters. The van der Waals surface area contributed by atoms with E-state index in [1.807, 2.05) is 31.2 Å². The number of hydrogen-bond donors (Lipinski definition) is 0. The number of rotatable bonds is 4. The van der Waals surface area contributed by atoms with Gasteiger partial charge < -0.3 is 9.64 Å². The molecule has 1 atom stereocenters. The summed E-state index contributed by atoms with van der Waals surface area (Å²) in [6.45, 7) is 2.01. The van der Waals surface area contributed by atoms with E-state index in [2.05, 4.69) is 5.10 Å². The van der Waals surface area contributed by atoms with Crippen LogP contribution in [0.25, 0.3) is 0 Å². The van der Waals surface area contributed by atoms with Crippen LogP contribution in [0.5, 0.6) is 5.75 Å². The van der Waals surface area contributed by atoms with E-state index in [0.717, 1.165) is 11.1 Å². The molecule has 1 saturated heterocycles. The van der Waals surface area contributed by atoms with Gasteiger partial charge in [-0.1, -0.05) is 17.7 Å². The van der Waals surface area contributed by atoms with Crippen molar-refractivity contribution in [2.45, 2.75) is 13.0 Å². The first-order chi connectivity index (χ1) is 11.8. The molecule has 1 amide bonds. The summed E-state index contributed by atoms with van der Waals surface area (Å²) in [5, 5.41) is 4.09. The molecule has 2 aromatic rings. The van der Waals surface area contributed by atoms with Gasteiger partial charge >= 0.3 is 0 Å². The number of carbonyl (C=O) groups is 1. The Morgan fingerprint density at radius 1 is 1.32 bits per heavy atom. The van der Waals surface area contributed by atoms with E-state index in [1.165, 1.54) is 0 Å². The minimum absolute atomic E-state index is 0.0277. The third kappa shape index (κ3) is 4.19. The van der Waals surface area contributed by atoms with E-state index in [-0.39, 0.29) is 30.6 Å². The van der Waals surface area contributed by atoms with E-state index >= 15 is 0 Å². The summed E-state index contributed by atoms with van der Waals surface area (Å²) in [5.74, 6) is 0.264. The number of benzene rings is 1. The van der Waals surface area contributed by atoms with Crippen LogP contribution in [0.4, 0.5) is 0 Å². The fraction of sp³-hybridized carbons (Fsp3) is 0.412. The Hall–Kier alpha value is -2.35. The number of aromatic nitrogens is 2. The van der Waals surface area contributed by atoms with Crippen LogP contribution in [-0.4, -0.2) is 53.7 Å². The molecular formula is C17H21N3O4S.